The molecule has 1 aromatic carbocycles. The van der Waals surface area contributed by atoms with Gasteiger partial charge in [-0.15, -0.1) is 0 Å². The maximum Gasteiger partial charge on any atom is 0.354 e. The Morgan fingerprint density at radius 1 is 1.27 bits per heavy atom. The second kappa shape index (κ2) is 9.63. The Balaban J connectivity index is 2.09. The van der Waals surface area contributed by atoms with Gasteiger partial charge in [-0.2, -0.15) is 0 Å². The van der Waals surface area contributed by atoms with Gasteiger partial charge >= 0.3 is 5.69 Å². The van der Waals surface area contributed by atoms with E-state index in [9.17, 15) is 14.9 Å². The number of rotatable bonds is 9. The molecule has 2 aromatic rings. The molecule has 138 valence electrons. The summed E-state index contributed by atoms with van der Waals surface area (Å²) in [7, 11) is 1.57. The summed E-state index contributed by atoms with van der Waals surface area (Å²) in [6.07, 6.45) is 1.82. The van der Waals surface area contributed by atoms with Crippen molar-refractivity contribution in [3.8, 4) is 0 Å². The first-order valence-electron chi connectivity index (χ1n) is 7.57. The van der Waals surface area contributed by atoms with Gasteiger partial charge in [0.05, 0.1) is 4.92 Å². The van der Waals surface area contributed by atoms with Crippen LogP contribution in [0.2, 0.25) is 0 Å². The van der Waals surface area contributed by atoms with Crippen molar-refractivity contribution >= 4 is 39.2 Å². The fourth-order valence-electron chi connectivity index (χ4n) is 1.99. The highest BCUT2D eigenvalue weighted by Crippen LogP contribution is 2.28. The van der Waals surface area contributed by atoms with E-state index in [0.29, 0.717) is 25.1 Å². The smallest absolute Gasteiger partial charge is 0.354 e. The number of benzene rings is 1. The average molecular weight is 425 g/mol. The van der Waals surface area contributed by atoms with Crippen molar-refractivity contribution in [2.45, 2.75) is 6.42 Å². The summed E-state index contributed by atoms with van der Waals surface area (Å²) in [5.41, 5.74) is 4.89. The third-order valence-electron chi connectivity index (χ3n) is 3.22. The molecule has 0 bridgehead atoms. The standard InChI is InChI=1S/C15H17BrN6O4/c1-26-8-2-7-17-13-12(22(24)25)14(19-9-18-13)20-21-15(23)10-3-5-11(16)6-4-10/h3-6,9H,2,7-8H2,1H3,(H,21,23)(H2,17,18,19,20). The van der Waals surface area contributed by atoms with Crippen LogP contribution >= 0.6 is 15.9 Å². The van der Waals surface area contributed by atoms with Crippen LogP contribution in [0.25, 0.3) is 0 Å². The van der Waals surface area contributed by atoms with Crippen molar-refractivity contribution in [3.63, 3.8) is 0 Å². The molecule has 0 radical (unpaired) electrons. The Labute approximate surface area is 157 Å². The molecule has 0 saturated carbocycles. The molecule has 26 heavy (non-hydrogen) atoms. The molecule has 2 rings (SSSR count). The van der Waals surface area contributed by atoms with Crippen molar-refractivity contribution in [1.82, 2.24) is 15.4 Å². The number of hydrazine groups is 1. The van der Waals surface area contributed by atoms with E-state index in [1.807, 2.05) is 0 Å². The molecule has 0 spiro atoms. The molecular formula is C15H17BrN6O4. The number of nitro groups is 1. The van der Waals surface area contributed by atoms with Gasteiger partial charge in [-0.3, -0.25) is 25.8 Å². The van der Waals surface area contributed by atoms with Gasteiger partial charge < -0.3 is 10.1 Å². The van der Waals surface area contributed by atoms with E-state index in [4.69, 9.17) is 4.74 Å². The number of carbonyl (C=O) groups is 1. The van der Waals surface area contributed by atoms with Crippen LogP contribution in [-0.2, 0) is 4.74 Å². The van der Waals surface area contributed by atoms with E-state index < -0.39 is 10.8 Å². The fourth-order valence-corrected chi connectivity index (χ4v) is 2.25. The molecule has 1 heterocycles. The summed E-state index contributed by atoms with van der Waals surface area (Å²) in [5.74, 6) is -0.522. The second-order valence-corrected chi connectivity index (χ2v) is 5.95. The highest BCUT2D eigenvalue weighted by Gasteiger charge is 2.23. The molecule has 1 amide bonds. The summed E-state index contributed by atoms with van der Waals surface area (Å²) < 4.78 is 5.76. The first-order valence-corrected chi connectivity index (χ1v) is 8.36. The lowest BCUT2D eigenvalue weighted by molar-refractivity contribution is -0.383. The number of nitrogens with one attached hydrogen (secondary N) is 3. The maximum absolute atomic E-state index is 12.1. The molecular weight excluding hydrogens is 408 g/mol. The van der Waals surface area contributed by atoms with Crippen molar-refractivity contribution < 1.29 is 14.5 Å². The summed E-state index contributed by atoms with van der Waals surface area (Å²) in [6, 6.07) is 6.64. The van der Waals surface area contributed by atoms with Gasteiger partial charge in [0, 0.05) is 30.3 Å². The molecule has 0 aliphatic carbocycles. The monoisotopic (exact) mass is 424 g/mol. The summed E-state index contributed by atoms with van der Waals surface area (Å²) in [6.45, 7) is 0.955. The number of amides is 1. The van der Waals surface area contributed by atoms with E-state index in [1.165, 1.54) is 6.33 Å². The quantitative estimate of drug-likeness (QED) is 0.317. The number of carbonyl (C=O) groups excluding carboxylic acids is 1. The molecule has 0 saturated heterocycles. The van der Waals surface area contributed by atoms with Gasteiger partial charge in [0.15, 0.2) is 0 Å². The summed E-state index contributed by atoms with van der Waals surface area (Å²) in [5, 5.41) is 14.3. The lowest BCUT2D eigenvalue weighted by Gasteiger charge is -2.11. The number of hydrogen-bond donors (Lipinski definition) is 3. The van der Waals surface area contributed by atoms with Crippen LogP contribution in [0.3, 0.4) is 0 Å². The third-order valence-corrected chi connectivity index (χ3v) is 3.75. The van der Waals surface area contributed by atoms with Crippen molar-refractivity contribution in [1.29, 1.82) is 0 Å². The van der Waals surface area contributed by atoms with Crippen LogP contribution < -0.4 is 16.2 Å². The molecule has 10 nitrogen and oxygen atoms in total. The molecule has 0 unspecified atom stereocenters. The van der Waals surface area contributed by atoms with Crippen molar-refractivity contribution in [2.24, 2.45) is 0 Å². The largest absolute Gasteiger partial charge is 0.385 e. The number of hydrogen-bond acceptors (Lipinski definition) is 8. The molecule has 0 aliphatic heterocycles. The first-order chi connectivity index (χ1) is 12.5. The van der Waals surface area contributed by atoms with E-state index >= 15 is 0 Å². The first kappa shape index (κ1) is 19.5. The van der Waals surface area contributed by atoms with Crippen molar-refractivity contribution in [2.75, 3.05) is 31.0 Å². The van der Waals surface area contributed by atoms with Crippen LogP contribution in [0.5, 0.6) is 0 Å². The number of nitrogens with zero attached hydrogens (tertiary/aromatic N) is 3. The zero-order valence-corrected chi connectivity index (χ0v) is 15.4. The molecule has 0 fully saturated rings. The normalized spacial score (nSPS) is 10.2. The summed E-state index contributed by atoms with van der Waals surface area (Å²) in [4.78, 5) is 30.6. The minimum Gasteiger partial charge on any atom is -0.385 e. The van der Waals surface area contributed by atoms with Gasteiger partial charge in [-0.05, 0) is 30.7 Å². The Hall–Kier alpha value is -2.79. The van der Waals surface area contributed by atoms with Crippen LogP contribution in [0.1, 0.15) is 16.8 Å². The lowest BCUT2D eigenvalue weighted by atomic mass is 10.2. The van der Waals surface area contributed by atoms with E-state index in [0.717, 1.165) is 4.47 Å². The number of methoxy groups -OCH3 is 1. The number of ether oxygens (including phenoxy) is 1. The summed E-state index contributed by atoms with van der Waals surface area (Å²) >= 11 is 3.28. The Kier molecular flexibility index (Phi) is 7.24. The lowest BCUT2D eigenvalue weighted by Crippen LogP contribution is -2.30. The third kappa shape index (κ3) is 5.36. The number of aromatic nitrogens is 2. The highest BCUT2D eigenvalue weighted by molar-refractivity contribution is 9.10. The fraction of sp³-hybridized carbons (Fsp3) is 0.267. The van der Waals surface area contributed by atoms with Crippen LogP contribution in [0.4, 0.5) is 17.3 Å². The maximum atomic E-state index is 12.1. The molecule has 1 aromatic heterocycles. The van der Waals surface area contributed by atoms with E-state index in [2.05, 4.69) is 42.1 Å². The predicted octanol–water partition coefficient (Wildman–Crippen LogP) is 2.35. The Bertz CT molecular complexity index is 771. The van der Waals surface area contributed by atoms with Crippen LogP contribution in [0, 0.1) is 10.1 Å². The number of anilines is 2. The van der Waals surface area contributed by atoms with Gasteiger partial charge in [-0.25, -0.2) is 9.97 Å². The zero-order valence-electron chi connectivity index (χ0n) is 13.9. The van der Waals surface area contributed by atoms with E-state index in [-0.39, 0.29) is 17.3 Å². The van der Waals surface area contributed by atoms with Gasteiger partial charge in [-0.1, -0.05) is 15.9 Å². The molecule has 0 aliphatic rings. The number of halogens is 1. The molecule has 11 heteroatoms. The average Bonchev–Trinajstić information content (AvgIpc) is 2.63. The molecule has 0 atom stereocenters. The minimum atomic E-state index is -0.618. The molecule has 3 N–H and O–H groups in total. The van der Waals surface area contributed by atoms with Gasteiger partial charge in [0.2, 0.25) is 11.6 Å². The van der Waals surface area contributed by atoms with E-state index in [1.54, 1.807) is 31.4 Å². The SMILES string of the molecule is COCCCNc1ncnc(NNC(=O)c2ccc(Br)cc2)c1[N+](=O)[O-]. The highest BCUT2D eigenvalue weighted by atomic mass is 79.9. The van der Waals surface area contributed by atoms with Gasteiger partial charge in [0.1, 0.15) is 6.33 Å². The predicted molar refractivity (Wildman–Crippen MR) is 98.9 cm³/mol. The topological polar surface area (TPSA) is 131 Å². The second-order valence-electron chi connectivity index (χ2n) is 5.04. The van der Waals surface area contributed by atoms with Crippen LogP contribution in [-0.4, -0.2) is 41.1 Å². The zero-order chi connectivity index (χ0) is 18.9. The Morgan fingerprint density at radius 3 is 2.62 bits per heavy atom. The van der Waals surface area contributed by atoms with Gasteiger partial charge in [0.25, 0.3) is 5.91 Å². The minimum absolute atomic E-state index is 0.0569. The Morgan fingerprint density at radius 2 is 1.96 bits per heavy atom. The van der Waals surface area contributed by atoms with Crippen molar-refractivity contribution in [3.05, 3.63) is 50.7 Å². The van der Waals surface area contributed by atoms with Crippen LogP contribution in [0.15, 0.2) is 35.1 Å².